The van der Waals surface area contributed by atoms with Gasteiger partial charge in [-0.3, -0.25) is 0 Å². The first-order valence-electron chi connectivity index (χ1n) is 12.5. The Morgan fingerprint density at radius 2 is 1.31 bits per heavy atom. The first kappa shape index (κ1) is 22.1. The second-order valence-corrected chi connectivity index (χ2v) is 11.9. The van der Waals surface area contributed by atoms with Crippen LogP contribution in [-0.2, 0) is 9.31 Å². The molecule has 0 amide bonds. The van der Waals surface area contributed by atoms with E-state index in [1.54, 1.807) is 0 Å². The summed E-state index contributed by atoms with van der Waals surface area (Å²) in [6, 6.07) is 33.1. The fraction of sp³-hybridized carbons (Fsp3) is 0.188. The Labute approximate surface area is 215 Å². The molecule has 36 heavy (non-hydrogen) atoms. The predicted octanol–water partition coefficient (Wildman–Crippen LogP) is 8.33. The van der Waals surface area contributed by atoms with E-state index in [-0.39, 0.29) is 18.3 Å². The van der Waals surface area contributed by atoms with Crippen LogP contribution in [0, 0.1) is 0 Å². The van der Waals surface area contributed by atoms with Gasteiger partial charge in [-0.25, -0.2) is 0 Å². The maximum atomic E-state index is 6.48. The SMILES string of the molecule is CC1(C)OB(c2cccc3sc4ccc(-c5cc6ccccc6c6ccccc56)cc4c23)OC1(C)C. The van der Waals surface area contributed by atoms with Gasteiger partial charge in [-0.1, -0.05) is 66.7 Å². The Balaban J connectivity index is 1.47. The summed E-state index contributed by atoms with van der Waals surface area (Å²) in [6.07, 6.45) is 0. The van der Waals surface area contributed by atoms with Crippen LogP contribution in [0.4, 0.5) is 0 Å². The lowest BCUT2D eigenvalue weighted by Gasteiger charge is -2.32. The molecule has 1 saturated heterocycles. The van der Waals surface area contributed by atoms with Crippen molar-refractivity contribution in [2.45, 2.75) is 38.9 Å². The van der Waals surface area contributed by atoms with Gasteiger partial charge in [0, 0.05) is 20.2 Å². The smallest absolute Gasteiger partial charge is 0.399 e. The summed E-state index contributed by atoms with van der Waals surface area (Å²) in [5.74, 6) is 0. The lowest BCUT2D eigenvalue weighted by atomic mass is 9.76. The molecular formula is C32H27BO2S. The number of benzene rings is 5. The normalized spacial score (nSPS) is 17.1. The van der Waals surface area contributed by atoms with E-state index in [1.807, 2.05) is 11.3 Å². The average Bonchev–Trinajstić information content (AvgIpc) is 3.35. The van der Waals surface area contributed by atoms with Crippen LogP contribution in [0.5, 0.6) is 0 Å². The number of fused-ring (bicyclic) bond motifs is 6. The largest absolute Gasteiger partial charge is 0.495 e. The molecule has 1 aromatic heterocycles. The van der Waals surface area contributed by atoms with Crippen LogP contribution in [0.3, 0.4) is 0 Å². The van der Waals surface area contributed by atoms with E-state index in [0.717, 1.165) is 5.46 Å². The molecule has 0 bridgehead atoms. The van der Waals surface area contributed by atoms with Gasteiger partial charge in [0.25, 0.3) is 0 Å². The van der Waals surface area contributed by atoms with E-state index in [2.05, 4.69) is 119 Å². The molecule has 2 nitrogen and oxygen atoms in total. The highest BCUT2D eigenvalue weighted by atomic mass is 32.1. The third-order valence-electron chi connectivity index (χ3n) is 8.11. The van der Waals surface area contributed by atoms with Gasteiger partial charge in [0.1, 0.15) is 0 Å². The molecular weight excluding hydrogens is 459 g/mol. The minimum absolute atomic E-state index is 0.374. The summed E-state index contributed by atoms with van der Waals surface area (Å²) >= 11 is 1.83. The Kier molecular flexibility index (Phi) is 4.69. The van der Waals surface area contributed by atoms with E-state index >= 15 is 0 Å². The van der Waals surface area contributed by atoms with Crippen molar-refractivity contribution < 1.29 is 9.31 Å². The lowest BCUT2D eigenvalue weighted by molar-refractivity contribution is 0.00578. The van der Waals surface area contributed by atoms with E-state index in [0.29, 0.717) is 0 Å². The van der Waals surface area contributed by atoms with Gasteiger partial charge in [0.2, 0.25) is 0 Å². The van der Waals surface area contributed by atoms with Crippen molar-refractivity contribution in [3.05, 3.63) is 91.0 Å². The van der Waals surface area contributed by atoms with Crippen LogP contribution in [0.15, 0.2) is 91.0 Å². The quantitative estimate of drug-likeness (QED) is 0.181. The molecule has 5 aromatic carbocycles. The van der Waals surface area contributed by atoms with Gasteiger partial charge in [-0.05, 0) is 90.1 Å². The van der Waals surface area contributed by atoms with Crippen LogP contribution < -0.4 is 5.46 Å². The molecule has 1 aliphatic rings. The molecule has 0 unspecified atom stereocenters. The Morgan fingerprint density at radius 3 is 2.08 bits per heavy atom. The molecule has 0 spiro atoms. The molecule has 0 atom stereocenters. The second-order valence-electron chi connectivity index (χ2n) is 10.8. The summed E-state index contributed by atoms with van der Waals surface area (Å²) in [6.45, 7) is 8.45. The summed E-state index contributed by atoms with van der Waals surface area (Å²) in [5.41, 5.74) is 2.85. The van der Waals surface area contributed by atoms with Crippen molar-refractivity contribution in [1.29, 1.82) is 0 Å². The van der Waals surface area contributed by atoms with E-state index in [1.165, 1.54) is 52.8 Å². The zero-order valence-electron chi connectivity index (χ0n) is 21.0. The van der Waals surface area contributed by atoms with Crippen molar-refractivity contribution >= 4 is 65.6 Å². The number of hydrogen-bond donors (Lipinski definition) is 0. The fourth-order valence-electron chi connectivity index (χ4n) is 5.48. The van der Waals surface area contributed by atoms with Gasteiger partial charge in [-0.15, -0.1) is 11.3 Å². The lowest BCUT2D eigenvalue weighted by Crippen LogP contribution is -2.41. The Bertz CT molecular complexity index is 1800. The van der Waals surface area contributed by atoms with Gasteiger partial charge >= 0.3 is 7.12 Å². The molecule has 6 aromatic rings. The minimum Gasteiger partial charge on any atom is -0.399 e. The van der Waals surface area contributed by atoms with Crippen LogP contribution in [-0.4, -0.2) is 18.3 Å². The molecule has 1 aliphatic heterocycles. The van der Waals surface area contributed by atoms with Crippen LogP contribution in [0.25, 0.3) is 52.8 Å². The van der Waals surface area contributed by atoms with Crippen LogP contribution in [0.2, 0.25) is 0 Å². The highest BCUT2D eigenvalue weighted by Gasteiger charge is 2.52. The van der Waals surface area contributed by atoms with Crippen LogP contribution in [0.1, 0.15) is 27.7 Å². The molecule has 176 valence electrons. The summed E-state index contributed by atoms with van der Waals surface area (Å²) in [4.78, 5) is 0. The monoisotopic (exact) mass is 486 g/mol. The molecule has 0 aliphatic carbocycles. The molecule has 1 fully saturated rings. The third-order valence-corrected chi connectivity index (χ3v) is 9.25. The average molecular weight is 486 g/mol. The standard InChI is InChI=1S/C32H27BO2S/c1-31(2)32(3,4)35-33(34-31)27-14-9-15-29-30(27)26-19-21(16-17-28(26)36-29)25-18-20-10-5-6-11-22(20)23-12-7-8-13-24(23)25/h5-19H,1-4H3. The summed E-state index contributed by atoms with van der Waals surface area (Å²) in [5, 5.41) is 7.62. The molecule has 0 radical (unpaired) electrons. The minimum atomic E-state index is -0.387. The van der Waals surface area contributed by atoms with Crippen molar-refractivity contribution in [1.82, 2.24) is 0 Å². The Morgan fingerprint density at radius 1 is 0.611 bits per heavy atom. The van der Waals surface area contributed by atoms with E-state index < -0.39 is 0 Å². The molecule has 2 heterocycles. The zero-order chi connectivity index (χ0) is 24.7. The molecule has 0 N–H and O–H groups in total. The Hall–Kier alpha value is -3.18. The van der Waals surface area contributed by atoms with Gasteiger partial charge in [0.05, 0.1) is 11.2 Å². The first-order valence-corrected chi connectivity index (χ1v) is 13.4. The second kappa shape index (κ2) is 7.66. The van der Waals surface area contributed by atoms with Gasteiger partial charge in [-0.2, -0.15) is 0 Å². The van der Waals surface area contributed by atoms with Crippen molar-refractivity contribution in [2.24, 2.45) is 0 Å². The third kappa shape index (κ3) is 3.18. The van der Waals surface area contributed by atoms with Crippen molar-refractivity contribution in [2.75, 3.05) is 0 Å². The maximum absolute atomic E-state index is 6.48. The van der Waals surface area contributed by atoms with Crippen molar-refractivity contribution in [3.8, 4) is 11.1 Å². The van der Waals surface area contributed by atoms with E-state index in [4.69, 9.17) is 9.31 Å². The van der Waals surface area contributed by atoms with E-state index in [9.17, 15) is 0 Å². The highest BCUT2D eigenvalue weighted by Crippen LogP contribution is 2.41. The fourth-order valence-corrected chi connectivity index (χ4v) is 6.60. The first-order chi connectivity index (χ1) is 17.3. The zero-order valence-corrected chi connectivity index (χ0v) is 21.8. The summed E-state index contributed by atoms with van der Waals surface area (Å²) in [7, 11) is -0.387. The summed E-state index contributed by atoms with van der Waals surface area (Å²) < 4.78 is 15.5. The molecule has 4 heteroatoms. The maximum Gasteiger partial charge on any atom is 0.495 e. The van der Waals surface area contributed by atoms with Gasteiger partial charge in [0.15, 0.2) is 0 Å². The topological polar surface area (TPSA) is 18.5 Å². The number of rotatable bonds is 2. The van der Waals surface area contributed by atoms with Crippen molar-refractivity contribution in [3.63, 3.8) is 0 Å². The predicted molar refractivity (Wildman–Crippen MR) is 155 cm³/mol. The van der Waals surface area contributed by atoms with Gasteiger partial charge < -0.3 is 9.31 Å². The highest BCUT2D eigenvalue weighted by molar-refractivity contribution is 7.26. The molecule has 7 rings (SSSR count). The number of thiophene rings is 1. The van der Waals surface area contributed by atoms with Crippen LogP contribution >= 0.6 is 11.3 Å². The number of hydrogen-bond acceptors (Lipinski definition) is 3. The molecule has 0 saturated carbocycles.